The molecular formula is C16H25Cl4N4O3P. The average molecular weight is 494 g/mol. The molecule has 0 spiro atoms. The van der Waals surface area contributed by atoms with E-state index in [0.29, 0.717) is 49.7 Å². The van der Waals surface area contributed by atoms with Gasteiger partial charge in [-0.05, 0) is 24.6 Å². The molecule has 28 heavy (non-hydrogen) atoms. The van der Waals surface area contributed by atoms with Crippen LogP contribution in [-0.4, -0.2) is 64.0 Å². The minimum absolute atomic E-state index is 0.000282. The molecule has 0 radical (unpaired) electrons. The van der Waals surface area contributed by atoms with E-state index < -0.39 is 18.6 Å². The molecule has 0 aromatic heterocycles. The van der Waals surface area contributed by atoms with Gasteiger partial charge in [-0.1, -0.05) is 0 Å². The molecule has 1 N–H and O–H groups in total. The van der Waals surface area contributed by atoms with Crippen molar-refractivity contribution in [2.24, 2.45) is 0 Å². The highest BCUT2D eigenvalue weighted by molar-refractivity contribution is 7.55. The van der Waals surface area contributed by atoms with Gasteiger partial charge in [0, 0.05) is 61.8 Å². The van der Waals surface area contributed by atoms with Crippen molar-refractivity contribution in [3.63, 3.8) is 0 Å². The summed E-state index contributed by atoms with van der Waals surface area (Å²) >= 11 is 23.8. The van der Waals surface area contributed by atoms with Crippen LogP contribution >= 0.6 is 54.0 Å². The topological polar surface area (TPSA) is 82.7 Å². The fraction of sp³-hybridized carbons (Fsp3) is 0.625. The van der Waals surface area contributed by atoms with Gasteiger partial charge in [0.05, 0.1) is 11.0 Å². The van der Waals surface area contributed by atoms with Crippen molar-refractivity contribution >= 4 is 59.7 Å². The van der Waals surface area contributed by atoms with Gasteiger partial charge in [0.25, 0.3) is 5.69 Å². The Labute approximate surface area is 186 Å². The second-order valence-electron chi connectivity index (χ2n) is 5.80. The Morgan fingerprint density at radius 2 is 1.39 bits per heavy atom. The van der Waals surface area contributed by atoms with Crippen LogP contribution in [0.2, 0.25) is 0 Å². The number of nitrogens with one attached hydrogen (secondary N) is 1. The van der Waals surface area contributed by atoms with Crippen LogP contribution in [0.5, 0.6) is 0 Å². The van der Waals surface area contributed by atoms with Crippen molar-refractivity contribution in [2.45, 2.75) is 13.0 Å². The minimum atomic E-state index is -3.06. The number of non-ortho nitro benzene ring substituents is 1. The number of nitro groups is 1. The van der Waals surface area contributed by atoms with Crippen molar-refractivity contribution in [2.75, 3.05) is 49.7 Å². The van der Waals surface area contributed by atoms with E-state index in [0.717, 1.165) is 5.56 Å². The van der Waals surface area contributed by atoms with Crippen LogP contribution in [0.3, 0.4) is 0 Å². The van der Waals surface area contributed by atoms with E-state index >= 15 is 0 Å². The highest BCUT2D eigenvalue weighted by Gasteiger charge is 2.35. The second kappa shape index (κ2) is 13.2. The van der Waals surface area contributed by atoms with Crippen LogP contribution in [0.4, 0.5) is 5.69 Å². The molecule has 1 rings (SSSR count). The number of hydrogen-bond donors (Lipinski definition) is 1. The van der Waals surface area contributed by atoms with E-state index in [1.54, 1.807) is 12.1 Å². The van der Waals surface area contributed by atoms with E-state index in [9.17, 15) is 15.3 Å². The average Bonchev–Trinajstić information content (AvgIpc) is 2.67. The van der Waals surface area contributed by atoms with Crippen LogP contribution in [0, 0.1) is 15.3 Å². The third-order valence-corrected chi connectivity index (χ3v) is 7.64. The molecule has 0 amide bonds. The molecule has 160 valence electrons. The summed E-state index contributed by atoms with van der Waals surface area (Å²) in [5.74, 6) is 1.29. The number of alkyl halides is 4. The number of benzene rings is 1. The van der Waals surface area contributed by atoms with Crippen LogP contribution in [0.15, 0.2) is 24.3 Å². The molecule has 0 fully saturated rings. The van der Waals surface area contributed by atoms with Gasteiger partial charge in [0.15, 0.2) is 0 Å². The number of nitrogens with zero attached hydrogens (tertiary/aromatic N) is 3. The fourth-order valence-electron chi connectivity index (χ4n) is 2.62. The molecule has 0 aliphatic carbocycles. The van der Waals surface area contributed by atoms with Gasteiger partial charge in [0.1, 0.15) is 0 Å². The highest BCUT2D eigenvalue weighted by atomic mass is 35.5. The third kappa shape index (κ3) is 7.29. The lowest BCUT2D eigenvalue weighted by Crippen LogP contribution is -2.37. The van der Waals surface area contributed by atoms with Crippen molar-refractivity contribution < 1.29 is 9.45 Å². The maximum Gasteiger partial charge on any atom is 0.269 e. The Kier molecular flexibility index (Phi) is 12.3. The first-order valence-corrected chi connectivity index (χ1v) is 12.4. The van der Waals surface area contributed by atoms with E-state index in [1.165, 1.54) is 12.1 Å². The largest absolute Gasteiger partial charge is 0.313 e. The van der Waals surface area contributed by atoms with Gasteiger partial charge < -0.3 is 4.52 Å². The minimum Gasteiger partial charge on any atom is -0.313 e. The Bertz CT molecular complexity index is 621. The van der Waals surface area contributed by atoms with Crippen LogP contribution in [0.25, 0.3) is 0 Å². The first-order chi connectivity index (χ1) is 13.3. The van der Waals surface area contributed by atoms with Crippen LogP contribution < -0.4 is 0 Å². The van der Waals surface area contributed by atoms with Gasteiger partial charge in [-0.3, -0.25) is 15.3 Å². The van der Waals surface area contributed by atoms with E-state index in [4.69, 9.17) is 50.9 Å². The summed E-state index contributed by atoms with van der Waals surface area (Å²) < 4.78 is 9.97. The van der Waals surface area contributed by atoms with Crippen LogP contribution in [0.1, 0.15) is 18.6 Å². The Morgan fingerprint density at radius 1 is 1.00 bits per heavy atom. The van der Waals surface area contributed by atoms with Gasteiger partial charge in [-0.25, -0.2) is 9.34 Å². The van der Waals surface area contributed by atoms with Crippen molar-refractivity contribution in [3.8, 4) is 0 Å². The standard InChI is InChI=1S/C16H25Cl4N4O3P/c1-14(15-2-4-16(5-3-15)24(25)26)27-28(21,22(10-6-17)11-7-18)23(12-8-19)13-9-20/h2-5,14,21H,6-13H2,1H3. The van der Waals surface area contributed by atoms with E-state index in [2.05, 4.69) is 0 Å². The Hall–Kier alpha value is -0.110. The SMILES string of the molecule is CC(OP(=N)(N(CCCl)CCCl)N(CCCl)CCCl)c1ccc([N+](=O)[O-])cc1. The van der Waals surface area contributed by atoms with Gasteiger partial charge in [0.2, 0.25) is 7.58 Å². The normalized spacial score (nSPS) is 13.2. The molecule has 1 unspecified atom stereocenters. The molecule has 0 heterocycles. The summed E-state index contributed by atoms with van der Waals surface area (Å²) in [5.41, 5.74) is 0.732. The summed E-state index contributed by atoms with van der Waals surface area (Å²) in [6.45, 7) is 3.53. The molecule has 0 saturated heterocycles. The second-order valence-corrected chi connectivity index (χ2v) is 9.75. The van der Waals surface area contributed by atoms with Crippen molar-refractivity contribution in [3.05, 3.63) is 39.9 Å². The predicted molar refractivity (Wildman–Crippen MR) is 118 cm³/mol. The summed E-state index contributed by atoms with van der Waals surface area (Å²) in [6.07, 6.45) is -0.479. The lowest BCUT2D eigenvalue weighted by molar-refractivity contribution is -0.384. The number of halogens is 4. The molecule has 7 nitrogen and oxygen atoms in total. The molecule has 1 aromatic rings. The molecule has 1 aromatic carbocycles. The van der Waals surface area contributed by atoms with Gasteiger partial charge in [-0.2, -0.15) is 0 Å². The van der Waals surface area contributed by atoms with E-state index in [-0.39, 0.29) is 5.69 Å². The molecule has 0 aliphatic rings. The maximum atomic E-state index is 10.9. The summed E-state index contributed by atoms with van der Waals surface area (Å²) in [4.78, 5) is 10.4. The Balaban J connectivity index is 3.21. The number of hydrogen-bond acceptors (Lipinski definition) is 4. The predicted octanol–water partition coefficient (Wildman–Crippen LogP) is 5.76. The lowest BCUT2D eigenvalue weighted by Gasteiger charge is -2.42. The molecule has 0 aliphatic heterocycles. The monoisotopic (exact) mass is 492 g/mol. The summed E-state index contributed by atoms with van der Waals surface area (Å²) in [5, 5.41) is 20.1. The molecule has 12 heteroatoms. The third-order valence-electron chi connectivity index (χ3n) is 4.02. The Morgan fingerprint density at radius 3 is 1.71 bits per heavy atom. The molecule has 0 saturated carbocycles. The van der Waals surface area contributed by atoms with Crippen molar-refractivity contribution in [1.29, 1.82) is 5.16 Å². The number of rotatable bonds is 14. The zero-order chi connectivity index (χ0) is 21.2. The quantitative estimate of drug-likeness (QED) is 0.154. The fourth-order valence-corrected chi connectivity index (χ4v) is 6.58. The van der Waals surface area contributed by atoms with Gasteiger partial charge >= 0.3 is 0 Å². The van der Waals surface area contributed by atoms with E-state index in [1.807, 2.05) is 16.3 Å². The highest BCUT2D eigenvalue weighted by Crippen LogP contribution is 2.57. The first kappa shape index (κ1) is 25.9. The molecular weight excluding hydrogens is 469 g/mol. The lowest BCUT2D eigenvalue weighted by atomic mass is 10.1. The summed E-state index contributed by atoms with van der Waals surface area (Å²) in [6, 6.07) is 6.11. The van der Waals surface area contributed by atoms with Gasteiger partial charge in [-0.15, -0.1) is 46.4 Å². The zero-order valence-electron chi connectivity index (χ0n) is 15.6. The molecule has 0 bridgehead atoms. The zero-order valence-corrected chi connectivity index (χ0v) is 19.5. The molecule has 1 atom stereocenters. The van der Waals surface area contributed by atoms with Crippen molar-refractivity contribution in [1.82, 2.24) is 9.34 Å². The van der Waals surface area contributed by atoms with Crippen LogP contribution in [-0.2, 0) is 4.52 Å². The maximum absolute atomic E-state index is 10.9. The summed E-state index contributed by atoms with van der Waals surface area (Å²) in [7, 11) is -3.06. The number of nitro benzene ring substituents is 1. The first-order valence-electron chi connectivity index (χ1n) is 8.65. The smallest absolute Gasteiger partial charge is 0.269 e.